The molecule has 0 saturated carbocycles. The number of carbonyl (C=O) groups is 2. The second-order valence-corrected chi connectivity index (χ2v) is 5.97. The number of hydrogen-bond donors (Lipinski definition) is 2. The number of oxazole rings is 1. The van der Waals surface area contributed by atoms with Crippen LogP contribution in [0.25, 0.3) is 17.2 Å². The number of likely N-dealkylation sites (N-methyl/N-ethyl adjacent to an activating group) is 1. The van der Waals surface area contributed by atoms with Gasteiger partial charge in [0.1, 0.15) is 23.4 Å². The average Bonchev–Trinajstić information content (AvgIpc) is 3.11. The first kappa shape index (κ1) is 19.0. The van der Waals surface area contributed by atoms with Crippen LogP contribution in [0.2, 0.25) is 0 Å². The smallest absolute Gasteiger partial charge is 0.343 e. The lowest BCUT2D eigenvalue weighted by Crippen LogP contribution is -2.23. The van der Waals surface area contributed by atoms with Gasteiger partial charge in [0, 0.05) is 7.05 Å². The Bertz CT molecular complexity index is 974. The van der Waals surface area contributed by atoms with Crippen molar-refractivity contribution < 1.29 is 29.0 Å². The highest BCUT2D eigenvalue weighted by Crippen LogP contribution is 2.20. The molecule has 1 heterocycles. The lowest BCUT2D eigenvalue weighted by Gasteiger charge is -2.14. The zero-order valence-corrected chi connectivity index (χ0v) is 15.0. The van der Waals surface area contributed by atoms with E-state index in [-0.39, 0.29) is 0 Å². The number of nitrogens with zero attached hydrogens (tertiary/aromatic N) is 2. The molecule has 0 saturated heterocycles. The molecule has 28 heavy (non-hydrogen) atoms. The van der Waals surface area contributed by atoms with Crippen LogP contribution in [0.15, 0.2) is 58.5 Å². The summed E-state index contributed by atoms with van der Waals surface area (Å²) < 4.78 is 11.3. The van der Waals surface area contributed by atoms with E-state index in [4.69, 9.17) is 19.4 Å². The predicted molar refractivity (Wildman–Crippen MR) is 102 cm³/mol. The number of carboxylic acid groups (broad SMARTS) is 2. The van der Waals surface area contributed by atoms with Crippen LogP contribution in [0.4, 0.5) is 6.01 Å². The van der Waals surface area contributed by atoms with E-state index >= 15 is 0 Å². The third-order valence-electron chi connectivity index (χ3n) is 3.96. The Hall–Kier alpha value is -3.81. The molecule has 0 spiro atoms. The van der Waals surface area contributed by atoms with Crippen LogP contribution in [-0.2, 0) is 9.59 Å². The van der Waals surface area contributed by atoms with Crippen molar-refractivity contribution in [3.05, 3.63) is 59.7 Å². The number of hydrogen-bond acceptors (Lipinski definition) is 6. The minimum atomic E-state index is -1.49. The maximum Gasteiger partial charge on any atom is 0.343 e. The molecule has 0 aliphatic rings. The fraction of sp³-hybridized carbons (Fsp3) is 0.150. The summed E-state index contributed by atoms with van der Waals surface area (Å²) in [5.74, 6) is -2.40. The van der Waals surface area contributed by atoms with Crippen molar-refractivity contribution in [3.8, 4) is 5.75 Å². The normalized spacial score (nSPS) is 10.5. The van der Waals surface area contributed by atoms with Crippen LogP contribution in [0.5, 0.6) is 5.75 Å². The Morgan fingerprint density at radius 2 is 1.79 bits per heavy atom. The Balaban J connectivity index is 1.57. The van der Waals surface area contributed by atoms with Gasteiger partial charge in [0.15, 0.2) is 5.58 Å². The van der Waals surface area contributed by atoms with E-state index in [0.29, 0.717) is 30.5 Å². The van der Waals surface area contributed by atoms with Gasteiger partial charge in [-0.1, -0.05) is 24.3 Å². The first-order valence-corrected chi connectivity index (χ1v) is 8.42. The number of aromatic nitrogens is 1. The lowest BCUT2D eigenvalue weighted by atomic mass is 10.1. The lowest BCUT2D eigenvalue weighted by molar-refractivity contribution is -0.140. The van der Waals surface area contributed by atoms with Crippen LogP contribution in [0.3, 0.4) is 0 Å². The van der Waals surface area contributed by atoms with E-state index in [1.165, 1.54) is 0 Å². The highest BCUT2D eigenvalue weighted by molar-refractivity contribution is 6.16. The molecule has 2 N–H and O–H groups in total. The van der Waals surface area contributed by atoms with Gasteiger partial charge in [-0.2, -0.15) is 4.98 Å². The van der Waals surface area contributed by atoms with Gasteiger partial charge in [-0.05, 0) is 35.9 Å². The van der Waals surface area contributed by atoms with E-state index < -0.39 is 17.5 Å². The van der Waals surface area contributed by atoms with E-state index in [1.807, 2.05) is 36.2 Å². The van der Waals surface area contributed by atoms with Gasteiger partial charge in [0.05, 0.1) is 6.54 Å². The number of fused-ring (bicyclic) bond motifs is 1. The molecule has 0 amide bonds. The topological polar surface area (TPSA) is 113 Å². The number of ether oxygens (including phenoxy) is 1. The van der Waals surface area contributed by atoms with E-state index in [9.17, 15) is 9.59 Å². The molecule has 0 aliphatic carbocycles. The van der Waals surface area contributed by atoms with E-state index in [1.54, 1.807) is 24.3 Å². The van der Waals surface area contributed by atoms with Crippen molar-refractivity contribution in [2.75, 3.05) is 25.1 Å². The molecule has 0 unspecified atom stereocenters. The average molecular weight is 382 g/mol. The summed E-state index contributed by atoms with van der Waals surface area (Å²) in [6, 6.07) is 14.5. The molecule has 0 radical (unpaired) electrons. The molecule has 144 valence electrons. The van der Waals surface area contributed by atoms with Crippen molar-refractivity contribution in [1.29, 1.82) is 0 Å². The SMILES string of the molecule is CN(CCOc1ccc(C=C(C(=O)O)C(=O)O)cc1)c1nc2ccccc2o1. The fourth-order valence-corrected chi connectivity index (χ4v) is 2.46. The Morgan fingerprint density at radius 1 is 1.11 bits per heavy atom. The minimum absolute atomic E-state index is 0.375. The van der Waals surface area contributed by atoms with Gasteiger partial charge in [-0.15, -0.1) is 0 Å². The van der Waals surface area contributed by atoms with Gasteiger partial charge in [0.2, 0.25) is 0 Å². The molecule has 0 atom stereocenters. The summed E-state index contributed by atoms with van der Waals surface area (Å²) in [7, 11) is 1.85. The van der Waals surface area contributed by atoms with Crippen LogP contribution in [0, 0.1) is 0 Å². The Morgan fingerprint density at radius 3 is 2.43 bits per heavy atom. The Labute approximate surface area is 160 Å². The first-order valence-electron chi connectivity index (χ1n) is 8.42. The number of para-hydroxylation sites is 2. The number of benzene rings is 2. The second-order valence-electron chi connectivity index (χ2n) is 5.97. The van der Waals surface area contributed by atoms with Crippen LogP contribution >= 0.6 is 0 Å². The van der Waals surface area contributed by atoms with E-state index in [2.05, 4.69) is 4.98 Å². The summed E-state index contributed by atoms with van der Waals surface area (Å²) in [5, 5.41) is 17.8. The first-order chi connectivity index (χ1) is 13.4. The minimum Gasteiger partial charge on any atom is -0.492 e. The summed E-state index contributed by atoms with van der Waals surface area (Å²) in [5.41, 5.74) is 1.26. The van der Waals surface area contributed by atoms with Gasteiger partial charge in [0.25, 0.3) is 6.01 Å². The van der Waals surface area contributed by atoms with Crippen molar-refractivity contribution in [1.82, 2.24) is 4.98 Å². The molecule has 8 nitrogen and oxygen atoms in total. The van der Waals surface area contributed by atoms with Crippen molar-refractivity contribution in [2.24, 2.45) is 0 Å². The number of aliphatic carboxylic acids is 2. The molecule has 0 fully saturated rings. The molecule has 1 aromatic heterocycles. The molecular formula is C20H18N2O6. The maximum atomic E-state index is 10.9. The standard InChI is InChI=1S/C20H18N2O6/c1-22(20-21-16-4-2-3-5-17(16)28-20)10-11-27-14-8-6-13(7-9-14)12-15(18(23)24)19(25)26/h2-9,12H,10-11H2,1H3,(H,23,24)(H,25,26). The third kappa shape index (κ3) is 4.47. The van der Waals surface area contributed by atoms with Gasteiger partial charge in [-0.3, -0.25) is 0 Å². The molecule has 8 heteroatoms. The number of rotatable bonds is 8. The fourth-order valence-electron chi connectivity index (χ4n) is 2.46. The summed E-state index contributed by atoms with van der Waals surface area (Å²) >= 11 is 0. The summed E-state index contributed by atoms with van der Waals surface area (Å²) in [6.45, 7) is 0.913. The zero-order chi connectivity index (χ0) is 20.1. The molecule has 0 aliphatic heterocycles. The molecule has 0 bridgehead atoms. The second kappa shape index (κ2) is 8.26. The summed E-state index contributed by atoms with van der Waals surface area (Å²) in [4.78, 5) is 28.0. The van der Waals surface area contributed by atoms with Crippen LogP contribution < -0.4 is 9.64 Å². The monoisotopic (exact) mass is 382 g/mol. The number of carboxylic acids is 2. The largest absolute Gasteiger partial charge is 0.492 e. The summed E-state index contributed by atoms with van der Waals surface area (Å²) in [6.07, 6.45) is 1.09. The van der Waals surface area contributed by atoms with Crippen molar-refractivity contribution in [3.63, 3.8) is 0 Å². The molecule has 3 rings (SSSR count). The predicted octanol–water partition coefficient (Wildman–Crippen LogP) is 2.90. The highest BCUT2D eigenvalue weighted by Gasteiger charge is 2.15. The van der Waals surface area contributed by atoms with Gasteiger partial charge >= 0.3 is 11.9 Å². The maximum absolute atomic E-state index is 10.9. The van der Waals surface area contributed by atoms with Crippen molar-refractivity contribution >= 4 is 35.1 Å². The number of anilines is 1. The van der Waals surface area contributed by atoms with Gasteiger partial charge < -0.3 is 24.3 Å². The van der Waals surface area contributed by atoms with Gasteiger partial charge in [-0.25, -0.2) is 9.59 Å². The molecule has 3 aromatic rings. The Kier molecular flexibility index (Phi) is 5.59. The van der Waals surface area contributed by atoms with Crippen LogP contribution in [-0.4, -0.2) is 47.3 Å². The highest BCUT2D eigenvalue weighted by atomic mass is 16.5. The zero-order valence-electron chi connectivity index (χ0n) is 15.0. The van der Waals surface area contributed by atoms with Crippen molar-refractivity contribution in [2.45, 2.75) is 0 Å². The quantitative estimate of drug-likeness (QED) is 0.347. The molecule has 2 aromatic carbocycles. The third-order valence-corrected chi connectivity index (χ3v) is 3.96. The van der Waals surface area contributed by atoms with Crippen LogP contribution in [0.1, 0.15) is 5.56 Å². The molecular weight excluding hydrogens is 364 g/mol. The van der Waals surface area contributed by atoms with E-state index in [0.717, 1.165) is 17.2 Å².